The third kappa shape index (κ3) is 5.81. The lowest BCUT2D eigenvalue weighted by Crippen LogP contribution is -2.15. The Bertz CT molecular complexity index is 1010. The SMILES string of the molecule is CC(C)CC(Nc1ccc(C(N)=O)cn1)c1ccc(-c2ccc(C(F)(F)F)cc2)nc1. The first-order valence-corrected chi connectivity index (χ1v) is 9.79. The van der Waals surface area contributed by atoms with Gasteiger partial charge < -0.3 is 11.1 Å². The van der Waals surface area contributed by atoms with E-state index in [1.807, 2.05) is 6.07 Å². The summed E-state index contributed by atoms with van der Waals surface area (Å²) in [5, 5.41) is 3.35. The lowest BCUT2D eigenvalue weighted by Gasteiger charge is -2.22. The lowest BCUT2D eigenvalue weighted by molar-refractivity contribution is -0.137. The number of pyridine rings is 2. The fourth-order valence-electron chi connectivity index (χ4n) is 3.17. The summed E-state index contributed by atoms with van der Waals surface area (Å²) in [6.45, 7) is 4.20. The number of primary amides is 1. The molecule has 0 spiro atoms. The molecular formula is C23H23F3N4O. The summed E-state index contributed by atoms with van der Waals surface area (Å²) < 4.78 is 38.3. The van der Waals surface area contributed by atoms with Crippen molar-refractivity contribution in [2.75, 3.05) is 5.32 Å². The van der Waals surface area contributed by atoms with Crippen LogP contribution < -0.4 is 11.1 Å². The second-order valence-electron chi connectivity index (χ2n) is 7.67. The molecule has 3 rings (SSSR count). The topological polar surface area (TPSA) is 80.9 Å². The number of carbonyl (C=O) groups excluding carboxylic acids is 1. The van der Waals surface area contributed by atoms with Gasteiger partial charge in [-0.15, -0.1) is 0 Å². The second kappa shape index (κ2) is 9.16. The summed E-state index contributed by atoms with van der Waals surface area (Å²) >= 11 is 0. The average molecular weight is 428 g/mol. The van der Waals surface area contributed by atoms with E-state index in [1.54, 1.807) is 24.4 Å². The van der Waals surface area contributed by atoms with E-state index in [0.29, 0.717) is 28.6 Å². The number of nitrogens with zero attached hydrogens (tertiary/aromatic N) is 2. The highest BCUT2D eigenvalue weighted by molar-refractivity contribution is 5.92. The molecule has 3 aromatic rings. The number of hydrogen-bond donors (Lipinski definition) is 2. The minimum absolute atomic E-state index is 0.0823. The normalized spacial score (nSPS) is 12.6. The standard InChI is InChI=1S/C23H23F3N4O/c1-14(2)11-20(30-21-10-6-17(13-29-21)22(27)31)16-5-9-19(28-12-16)15-3-7-18(8-4-15)23(24,25)26/h3-10,12-14,20H,11H2,1-2H3,(H2,27,31)(H,29,30). The fraction of sp³-hybridized carbons (Fsp3) is 0.261. The van der Waals surface area contributed by atoms with Crippen LogP contribution in [0.25, 0.3) is 11.3 Å². The summed E-state index contributed by atoms with van der Waals surface area (Å²) in [6.07, 6.45) is -0.427. The van der Waals surface area contributed by atoms with E-state index < -0.39 is 17.6 Å². The zero-order valence-corrected chi connectivity index (χ0v) is 17.1. The van der Waals surface area contributed by atoms with Crippen molar-refractivity contribution in [3.8, 4) is 11.3 Å². The number of carbonyl (C=O) groups is 1. The number of hydrogen-bond acceptors (Lipinski definition) is 4. The van der Waals surface area contributed by atoms with Gasteiger partial charge in [-0.3, -0.25) is 9.78 Å². The number of halogens is 3. The van der Waals surface area contributed by atoms with Crippen molar-refractivity contribution in [3.63, 3.8) is 0 Å². The van der Waals surface area contributed by atoms with E-state index in [2.05, 4.69) is 29.1 Å². The number of amides is 1. The van der Waals surface area contributed by atoms with Crippen molar-refractivity contribution < 1.29 is 18.0 Å². The summed E-state index contributed by atoms with van der Waals surface area (Å²) in [4.78, 5) is 19.9. The molecular weight excluding hydrogens is 405 g/mol. The van der Waals surface area contributed by atoms with Crippen molar-refractivity contribution in [2.45, 2.75) is 32.5 Å². The number of rotatable bonds is 7. The van der Waals surface area contributed by atoms with Crippen molar-refractivity contribution in [1.29, 1.82) is 0 Å². The minimum Gasteiger partial charge on any atom is -0.366 e. The molecule has 0 aliphatic rings. The Balaban J connectivity index is 1.79. The van der Waals surface area contributed by atoms with Crippen LogP contribution in [0.3, 0.4) is 0 Å². The molecule has 0 saturated heterocycles. The Morgan fingerprint density at radius 2 is 1.71 bits per heavy atom. The van der Waals surface area contributed by atoms with Crippen LogP contribution in [0, 0.1) is 5.92 Å². The first kappa shape index (κ1) is 22.3. The molecule has 0 radical (unpaired) electrons. The van der Waals surface area contributed by atoms with Crippen LogP contribution in [-0.2, 0) is 6.18 Å². The average Bonchev–Trinajstić information content (AvgIpc) is 2.73. The van der Waals surface area contributed by atoms with E-state index in [1.165, 1.54) is 18.3 Å². The van der Waals surface area contributed by atoms with Crippen LogP contribution in [-0.4, -0.2) is 15.9 Å². The first-order chi connectivity index (χ1) is 14.6. The van der Waals surface area contributed by atoms with Gasteiger partial charge in [-0.05, 0) is 48.2 Å². The molecule has 1 atom stereocenters. The van der Waals surface area contributed by atoms with Gasteiger partial charge in [0.05, 0.1) is 22.9 Å². The van der Waals surface area contributed by atoms with E-state index in [9.17, 15) is 18.0 Å². The molecule has 0 aliphatic carbocycles. The Morgan fingerprint density at radius 3 is 2.19 bits per heavy atom. The number of nitrogens with two attached hydrogens (primary N) is 1. The van der Waals surface area contributed by atoms with Gasteiger partial charge in [-0.25, -0.2) is 4.98 Å². The van der Waals surface area contributed by atoms with Gasteiger partial charge in [0.25, 0.3) is 0 Å². The van der Waals surface area contributed by atoms with Crippen molar-refractivity contribution in [1.82, 2.24) is 9.97 Å². The molecule has 162 valence electrons. The third-order valence-corrected chi connectivity index (χ3v) is 4.77. The minimum atomic E-state index is -4.37. The van der Waals surface area contributed by atoms with Gasteiger partial charge in [0.1, 0.15) is 5.82 Å². The van der Waals surface area contributed by atoms with Crippen molar-refractivity contribution in [2.24, 2.45) is 11.7 Å². The lowest BCUT2D eigenvalue weighted by atomic mass is 9.97. The van der Waals surface area contributed by atoms with E-state index in [4.69, 9.17) is 5.73 Å². The van der Waals surface area contributed by atoms with Crippen LogP contribution in [0.15, 0.2) is 60.9 Å². The summed E-state index contributed by atoms with van der Waals surface area (Å²) in [5.41, 5.74) is 7.00. The maximum Gasteiger partial charge on any atom is 0.416 e. The van der Waals surface area contributed by atoms with Gasteiger partial charge in [0, 0.05) is 18.0 Å². The number of anilines is 1. The predicted molar refractivity (Wildman–Crippen MR) is 113 cm³/mol. The maximum absolute atomic E-state index is 12.8. The maximum atomic E-state index is 12.8. The third-order valence-electron chi connectivity index (χ3n) is 4.77. The fourth-order valence-corrected chi connectivity index (χ4v) is 3.17. The molecule has 0 fully saturated rings. The van der Waals surface area contributed by atoms with Gasteiger partial charge in [0.15, 0.2) is 0 Å². The van der Waals surface area contributed by atoms with Gasteiger partial charge in [-0.1, -0.05) is 32.0 Å². The summed E-state index contributed by atoms with van der Waals surface area (Å²) in [6, 6.07) is 11.8. The molecule has 5 nitrogen and oxygen atoms in total. The Morgan fingerprint density at radius 1 is 1.00 bits per heavy atom. The van der Waals surface area contributed by atoms with E-state index in [0.717, 1.165) is 24.1 Å². The van der Waals surface area contributed by atoms with Gasteiger partial charge in [-0.2, -0.15) is 13.2 Å². The Labute approximate surface area is 178 Å². The molecule has 31 heavy (non-hydrogen) atoms. The first-order valence-electron chi connectivity index (χ1n) is 9.79. The van der Waals surface area contributed by atoms with Crippen molar-refractivity contribution in [3.05, 3.63) is 77.6 Å². The molecule has 3 N–H and O–H groups in total. The predicted octanol–water partition coefficient (Wildman–Crippen LogP) is 5.46. The second-order valence-corrected chi connectivity index (χ2v) is 7.67. The van der Waals surface area contributed by atoms with E-state index >= 15 is 0 Å². The van der Waals surface area contributed by atoms with Crippen LogP contribution in [0.4, 0.5) is 19.0 Å². The monoisotopic (exact) mass is 428 g/mol. The molecule has 0 bridgehead atoms. The molecule has 0 aliphatic heterocycles. The molecule has 1 amide bonds. The smallest absolute Gasteiger partial charge is 0.366 e. The highest BCUT2D eigenvalue weighted by atomic mass is 19.4. The zero-order valence-electron chi connectivity index (χ0n) is 17.1. The molecule has 1 unspecified atom stereocenters. The van der Waals surface area contributed by atoms with E-state index in [-0.39, 0.29) is 6.04 Å². The zero-order chi connectivity index (χ0) is 22.6. The van der Waals surface area contributed by atoms with Gasteiger partial charge >= 0.3 is 6.18 Å². The largest absolute Gasteiger partial charge is 0.416 e. The number of benzene rings is 1. The number of nitrogens with one attached hydrogen (secondary N) is 1. The van der Waals surface area contributed by atoms with Crippen molar-refractivity contribution >= 4 is 11.7 Å². The van der Waals surface area contributed by atoms with Crippen LogP contribution >= 0.6 is 0 Å². The van der Waals surface area contributed by atoms with Crippen LogP contribution in [0.2, 0.25) is 0 Å². The Kier molecular flexibility index (Phi) is 6.58. The quantitative estimate of drug-likeness (QED) is 0.524. The summed E-state index contributed by atoms with van der Waals surface area (Å²) in [5.74, 6) is 0.445. The molecule has 1 aromatic carbocycles. The molecule has 8 heteroatoms. The summed E-state index contributed by atoms with van der Waals surface area (Å²) in [7, 11) is 0. The van der Waals surface area contributed by atoms with Gasteiger partial charge in [0.2, 0.25) is 5.91 Å². The molecule has 2 aromatic heterocycles. The Hall–Kier alpha value is -3.42. The number of alkyl halides is 3. The highest BCUT2D eigenvalue weighted by Crippen LogP contribution is 2.31. The molecule has 2 heterocycles. The highest BCUT2D eigenvalue weighted by Gasteiger charge is 2.30. The van der Waals surface area contributed by atoms with Crippen LogP contribution in [0.5, 0.6) is 0 Å². The van der Waals surface area contributed by atoms with Crippen LogP contribution in [0.1, 0.15) is 47.8 Å². The number of aromatic nitrogens is 2. The molecule has 0 saturated carbocycles.